The van der Waals surface area contributed by atoms with Crippen LogP contribution in [0.4, 0.5) is 8.78 Å². The Kier molecular flexibility index (Phi) is 5.08. The van der Waals surface area contributed by atoms with Gasteiger partial charge in [-0.2, -0.15) is 0 Å². The summed E-state index contributed by atoms with van der Waals surface area (Å²) in [6.45, 7) is 2.92. The number of rotatable bonds is 6. The highest BCUT2D eigenvalue weighted by Gasteiger charge is 2.12. The molecule has 2 nitrogen and oxygen atoms in total. The minimum atomic E-state index is -0.779. The molecule has 100 valence electrons. The van der Waals surface area contributed by atoms with E-state index in [4.69, 9.17) is 0 Å². The highest BCUT2D eigenvalue weighted by molar-refractivity contribution is 5.17. The molecule has 1 saturated heterocycles. The zero-order valence-electron chi connectivity index (χ0n) is 10.5. The maximum Gasteiger partial charge on any atom is 0.159 e. The van der Waals surface area contributed by atoms with Crippen molar-refractivity contribution in [2.75, 3.05) is 19.6 Å². The molecular formula is C14H20F2N2. The third-order valence-electron chi connectivity index (χ3n) is 3.41. The van der Waals surface area contributed by atoms with E-state index in [1.54, 1.807) is 6.07 Å². The third-order valence-corrected chi connectivity index (χ3v) is 3.41. The molecule has 1 fully saturated rings. The number of hydrogen-bond donors (Lipinski definition) is 2. The van der Waals surface area contributed by atoms with E-state index in [0.29, 0.717) is 6.04 Å². The first-order chi connectivity index (χ1) is 8.75. The van der Waals surface area contributed by atoms with Gasteiger partial charge < -0.3 is 10.6 Å². The Morgan fingerprint density at radius 2 is 2.11 bits per heavy atom. The average molecular weight is 254 g/mol. The van der Waals surface area contributed by atoms with Crippen LogP contribution in [0.15, 0.2) is 18.2 Å². The Balaban J connectivity index is 1.61. The van der Waals surface area contributed by atoms with Gasteiger partial charge in [0.05, 0.1) is 0 Å². The summed E-state index contributed by atoms with van der Waals surface area (Å²) in [6.07, 6.45) is 4.41. The Bertz CT molecular complexity index is 376. The van der Waals surface area contributed by atoms with Crippen LogP contribution in [0.1, 0.15) is 24.8 Å². The van der Waals surface area contributed by atoms with Crippen LogP contribution in [0, 0.1) is 11.6 Å². The molecule has 2 rings (SSSR count). The van der Waals surface area contributed by atoms with E-state index < -0.39 is 11.6 Å². The quantitative estimate of drug-likeness (QED) is 0.761. The van der Waals surface area contributed by atoms with Crippen LogP contribution in [-0.4, -0.2) is 25.7 Å². The van der Waals surface area contributed by atoms with Crippen molar-refractivity contribution >= 4 is 0 Å². The van der Waals surface area contributed by atoms with Gasteiger partial charge in [0.25, 0.3) is 0 Å². The molecule has 2 N–H and O–H groups in total. The Morgan fingerprint density at radius 3 is 2.83 bits per heavy atom. The number of nitrogens with one attached hydrogen (secondary N) is 2. The summed E-state index contributed by atoms with van der Waals surface area (Å²) in [5, 5.41) is 6.79. The van der Waals surface area contributed by atoms with Crippen molar-refractivity contribution in [1.82, 2.24) is 10.6 Å². The van der Waals surface area contributed by atoms with Crippen molar-refractivity contribution < 1.29 is 8.78 Å². The number of halogens is 2. The molecule has 0 aromatic heterocycles. The van der Waals surface area contributed by atoms with Gasteiger partial charge >= 0.3 is 0 Å². The van der Waals surface area contributed by atoms with Gasteiger partial charge in [0.2, 0.25) is 0 Å². The molecule has 0 spiro atoms. The predicted molar refractivity (Wildman–Crippen MR) is 68.6 cm³/mol. The van der Waals surface area contributed by atoms with Crippen molar-refractivity contribution in [3.8, 4) is 0 Å². The van der Waals surface area contributed by atoms with Crippen molar-refractivity contribution in [3.05, 3.63) is 35.4 Å². The van der Waals surface area contributed by atoms with Crippen LogP contribution in [0.2, 0.25) is 0 Å². The van der Waals surface area contributed by atoms with Gasteiger partial charge in [-0.15, -0.1) is 0 Å². The molecule has 1 atom stereocenters. The fraction of sp³-hybridized carbons (Fsp3) is 0.571. The Morgan fingerprint density at radius 1 is 1.22 bits per heavy atom. The predicted octanol–water partition coefficient (Wildman–Crippen LogP) is 2.24. The van der Waals surface area contributed by atoms with Crippen LogP contribution in [-0.2, 0) is 6.42 Å². The molecular weight excluding hydrogens is 234 g/mol. The van der Waals surface area contributed by atoms with E-state index in [-0.39, 0.29) is 0 Å². The molecule has 0 radical (unpaired) electrons. The summed E-state index contributed by atoms with van der Waals surface area (Å²) in [5.41, 5.74) is 0.834. The van der Waals surface area contributed by atoms with Gasteiger partial charge in [0.15, 0.2) is 11.6 Å². The molecule has 4 heteroatoms. The Hall–Kier alpha value is -1.00. The lowest BCUT2D eigenvalue weighted by Crippen LogP contribution is -2.28. The second-order valence-electron chi connectivity index (χ2n) is 4.83. The summed E-state index contributed by atoms with van der Waals surface area (Å²) >= 11 is 0. The smallest absolute Gasteiger partial charge is 0.159 e. The lowest BCUT2D eigenvalue weighted by atomic mass is 10.1. The first-order valence-electron chi connectivity index (χ1n) is 6.64. The molecule has 0 saturated carbocycles. The van der Waals surface area contributed by atoms with E-state index in [0.717, 1.165) is 38.0 Å². The average Bonchev–Trinajstić information content (AvgIpc) is 2.86. The second-order valence-corrected chi connectivity index (χ2v) is 4.83. The lowest BCUT2D eigenvalue weighted by Gasteiger charge is -2.10. The van der Waals surface area contributed by atoms with Crippen molar-refractivity contribution in [2.45, 2.75) is 31.7 Å². The van der Waals surface area contributed by atoms with Gasteiger partial charge in [-0.1, -0.05) is 6.07 Å². The fourth-order valence-electron chi connectivity index (χ4n) is 2.33. The molecule has 0 bridgehead atoms. The van der Waals surface area contributed by atoms with Crippen molar-refractivity contribution in [2.24, 2.45) is 0 Å². The molecule has 1 unspecified atom stereocenters. The summed E-state index contributed by atoms with van der Waals surface area (Å²) in [6, 6.07) is 4.75. The van der Waals surface area contributed by atoms with Gasteiger partial charge in [-0.25, -0.2) is 8.78 Å². The third kappa shape index (κ3) is 4.03. The summed E-state index contributed by atoms with van der Waals surface area (Å²) in [7, 11) is 0. The van der Waals surface area contributed by atoms with Crippen LogP contribution >= 0.6 is 0 Å². The second kappa shape index (κ2) is 6.81. The van der Waals surface area contributed by atoms with Crippen LogP contribution < -0.4 is 10.6 Å². The van der Waals surface area contributed by atoms with E-state index in [1.165, 1.54) is 25.0 Å². The molecule has 0 aliphatic carbocycles. The monoisotopic (exact) mass is 254 g/mol. The van der Waals surface area contributed by atoms with Gasteiger partial charge in [0, 0.05) is 6.04 Å². The van der Waals surface area contributed by atoms with Gasteiger partial charge in [-0.3, -0.25) is 0 Å². The van der Waals surface area contributed by atoms with Crippen LogP contribution in [0.5, 0.6) is 0 Å². The normalized spacial score (nSPS) is 19.3. The van der Waals surface area contributed by atoms with Gasteiger partial charge in [0.1, 0.15) is 0 Å². The lowest BCUT2D eigenvalue weighted by molar-refractivity contribution is 0.505. The maximum atomic E-state index is 13.0. The molecule has 1 aliphatic rings. The van der Waals surface area contributed by atoms with Crippen molar-refractivity contribution in [1.29, 1.82) is 0 Å². The van der Waals surface area contributed by atoms with E-state index >= 15 is 0 Å². The number of benzene rings is 1. The Labute approximate surface area is 107 Å². The largest absolute Gasteiger partial charge is 0.316 e. The minimum Gasteiger partial charge on any atom is -0.316 e. The molecule has 18 heavy (non-hydrogen) atoms. The first-order valence-corrected chi connectivity index (χ1v) is 6.64. The zero-order valence-corrected chi connectivity index (χ0v) is 10.5. The minimum absolute atomic E-state index is 0.653. The van der Waals surface area contributed by atoms with E-state index in [1.807, 2.05) is 0 Å². The SMILES string of the molecule is Fc1ccc(CCNCCC2CCCN2)cc1F. The maximum absolute atomic E-state index is 13.0. The summed E-state index contributed by atoms with van der Waals surface area (Å²) in [5.74, 6) is -1.54. The molecule has 1 heterocycles. The van der Waals surface area contributed by atoms with E-state index in [9.17, 15) is 8.78 Å². The standard InChI is InChI=1S/C14H20F2N2/c15-13-4-3-11(10-14(13)16)5-8-17-9-6-12-2-1-7-18-12/h3-4,10,12,17-18H,1-2,5-9H2. The highest BCUT2D eigenvalue weighted by atomic mass is 19.2. The molecule has 1 aromatic rings. The van der Waals surface area contributed by atoms with E-state index in [2.05, 4.69) is 10.6 Å². The molecule has 0 amide bonds. The summed E-state index contributed by atoms with van der Waals surface area (Å²) < 4.78 is 25.7. The highest BCUT2D eigenvalue weighted by Crippen LogP contribution is 2.09. The molecule has 1 aromatic carbocycles. The zero-order chi connectivity index (χ0) is 12.8. The fourth-order valence-corrected chi connectivity index (χ4v) is 2.33. The number of hydrogen-bond acceptors (Lipinski definition) is 2. The topological polar surface area (TPSA) is 24.1 Å². The van der Waals surface area contributed by atoms with Crippen LogP contribution in [0.3, 0.4) is 0 Å². The molecule has 1 aliphatic heterocycles. The van der Waals surface area contributed by atoms with Crippen molar-refractivity contribution in [3.63, 3.8) is 0 Å². The van der Waals surface area contributed by atoms with Crippen LogP contribution in [0.25, 0.3) is 0 Å². The summed E-state index contributed by atoms with van der Waals surface area (Å²) in [4.78, 5) is 0. The first kappa shape index (κ1) is 13.4. The van der Waals surface area contributed by atoms with Gasteiger partial charge in [-0.05, 0) is 63.0 Å².